The van der Waals surface area contributed by atoms with Crippen LogP contribution in [0, 0.1) is 0 Å². The molecular formula is C19H23N5O4S2. The number of aromatic nitrogens is 2. The van der Waals surface area contributed by atoms with Crippen molar-refractivity contribution in [2.24, 2.45) is 0 Å². The van der Waals surface area contributed by atoms with Gasteiger partial charge in [-0.1, -0.05) is 17.8 Å². The summed E-state index contributed by atoms with van der Waals surface area (Å²) in [6.07, 6.45) is 5.64. The van der Waals surface area contributed by atoms with Gasteiger partial charge in [0, 0.05) is 43.0 Å². The van der Waals surface area contributed by atoms with Gasteiger partial charge in [-0.2, -0.15) is 4.31 Å². The molecule has 1 saturated heterocycles. The van der Waals surface area contributed by atoms with E-state index >= 15 is 0 Å². The normalized spacial score (nSPS) is 17.3. The van der Waals surface area contributed by atoms with E-state index in [0.29, 0.717) is 25.9 Å². The lowest BCUT2D eigenvalue weighted by Crippen LogP contribution is -2.48. The number of hydrogen-bond acceptors (Lipinski definition) is 8. The lowest BCUT2D eigenvalue weighted by molar-refractivity contribution is -0.137. The van der Waals surface area contributed by atoms with Crippen LogP contribution in [0.5, 0.6) is 0 Å². The van der Waals surface area contributed by atoms with E-state index in [1.807, 2.05) is 0 Å². The standard InChI is InChI=1S/C19H23N5O4S2/c1-30(27,28)24(12-17(25)26)14-4-8-23(9-5-14)11-13-2-3-16-15(10-13)22-18-19(29-16)21-7-6-20-18/h2-3,6-7,10,14H,4-5,8-9,11-12H2,1H3,(H,20,22)(H,25,26). The van der Waals surface area contributed by atoms with Crippen molar-refractivity contribution in [2.75, 3.05) is 31.2 Å². The average Bonchev–Trinajstić information content (AvgIpc) is 2.70. The number of nitrogens with zero attached hydrogens (tertiary/aromatic N) is 4. The lowest BCUT2D eigenvalue weighted by atomic mass is 10.0. The number of sulfonamides is 1. The summed E-state index contributed by atoms with van der Waals surface area (Å²) in [4.78, 5) is 23.1. The third-order valence-electron chi connectivity index (χ3n) is 5.26. The van der Waals surface area contributed by atoms with E-state index in [4.69, 9.17) is 5.11 Å². The van der Waals surface area contributed by atoms with Crippen LogP contribution in [0.3, 0.4) is 0 Å². The number of benzene rings is 1. The number of anilines is 2. The molecule has 30 heavy (non-hydrogen) atoms. The van der Waals surface area contributed by atoms with Gasteiger partial charge in [-0.25, -0.2) is 18.4 Å². The Morgan fingerprint density at radius 1 is 1.30 bits per heavy atom. The molecule has 2 aliphatic heterocycles. The van der Waals surface area contributed by atoms with Crippen molar-refractivity contribution in [2.45, 2.75) is 35.3 Å². The smallest absolute Gasteiger partial charge is 0.318 e. The summed E-state index contributed by atoms with van der Waals surface area (Å²) in [5.41, 5.74) is 2.16. The van der Waals surface area contributed by atoms with Gasteiger partial charge in [0.25, 0.3) is 0 Å². The lowest BCUT2D eigenvalue weighted by Gasteiger charge is -2.36. The molecular weight excluding hydrogens is 426 g/mol. The fourth-order valence-corrected chi connectivity index (χ4v) is 5.83. The fourth-order valence-electron chi connectivity index (χ4n) is 3.85. The van der Waals surface area contributed by atoms with Gasteiger partial charge in [0.15, 0.2) is 5.82 Å². The number of carboxylic acid groups (broad SMARTS) is 1. The number of nitrogens with one attached hydrogen (secondary N) is 1. The first-order chi connectivity index (χ1) is 14.3. The largest absolute Gasteiger partial charge is 0.480 e. The van der Waals surface area contributed by atoms with Crippen LogP contribution < -0.4 is 5.32 Å². The number of hydrogen-bond donors (Lipinski definition) is 2. The van der Waals surface area contributed by atoms with Gasteiger partial charge < -0.3 is 10.4 Å². The molecule has 0 amide bonds. The van der Waals surface area contributed by atoms with Gasteiger partial charge in [-0.05, 0) is 30.5 Å². The van der Waals surface area contributed by atoms with E-state index in [-0.39, 0.29) is 6.04 Å². The fraction of sp³-hybridized carbons (Fsp3) is 0.421. The van der Waals surface area contributed by atoms with Gasteiger partial charge in [0.2, 0.25) is 10.0 Å². The molecule has 0 atom stereocenters. The molecule has 1 fully saturated rings. The molecule has 3 heterocycles. The third-order valence-corrected chi connectivity index (χ3v) is 7.60. The first-order valence-corrected chi connectivity index (χ1v) is 12.3. The van der Waals surface area contributed by atoms with Crippen LogP contribution in [0.25, 0.3) is 0 Å². The van der Waals surface area contributed by atoms with Gasteiger partial charge in [-0.3, -0.25) is 9.69 Å². The van der Waals surface area contributed by atoms with Crippen molar-refractivity contribution in [3.63, 3.8) is 0 Å². The Bertz CT molecular complexity index is 1050. The zero-order chi connectivity index (χ0) is 21.3. The molecule has 0 radical (unpaired) electrons. The Hall–Kier alpha value is -2.21. The highest BCUT2D eigenvalue weighted by molar-refractivity contribution is 7.99. The predicted molar refractivity (Wildman–Crippen MR) is 113 cm³/mol. The Morgan fingerprint density at radius 2 is 2.03 bits per heavy atom. The highest BCUT2D eigenvalue weighted by Crippen LogP contribution is 2.42. The molecule has 2 aliphatic rings. The van der Waals surface area contributed by atoms with Gasteiger partial charge >= 0.3 is 5.97 Å². The van der Waals surface area contributed by atoms with Crippen LogP contribution in [0.4, 0.5) is 11.5 Å². The van der Waals surface area contributed by atoms with E-state index in [9.17, 15) is 13.2 Å². The molecule has 0 bridgehead atoms. The second-order valence-corrected chi connectivity index (χ2v) is 10.4. The zero-order valence-corrected chi connectivity index (χ0v) is 18.1. The average molecular weight is 450 g/mol. The van der Waals surface area contributed by atoms with Crippen molar-refractivity contribution < 1.29 is 18.3 Å². The summed E-state index contributed by atoms with van der Waals surface area (Å²) < 4.78 is 25.1. The van der Waals surface area contributed by atoms with Crippen molar-refractivity contribution in [3.05, 3.63) is 36.2 Å². The van der Waals surface area contributed by atoms with E-state index in [0.717, 1.165) is 44.1 Å². The van der Waals surface area contributed by atoms with Crippen LogP contribution in [0.1, 0.15) is 18.4 Å². The first-order valence-electron chi connectivity index (χ1n) is 9.59. The van der Waals surface area contributed by atoms with E-state index < -0.39 is 22.5 Å². The monoisotopic (exact) mass is 449 g/mol. The topological polar surface area (TPSA) is 116 Å². The second kappa shape index (κ2) is 8.50. The van der Waals surface area contributed by atoms with Crippen molar-refractivity contribution in [3.8, 4) is 0 Å². The molecule has 0 aliphatic carbocycles. The Labute approximate surface area is 179 Å². The number of aliphatic carboxylic acids is 1. The maximum Gasteiger partial charge on any atom is 0.318 e. The Kier molecular flexibility index (Phi) is 5.96. The summed E-state index contributed by atoms with van der Waals surface area (Å²) >= 11 is 1.59. The maximum absolute atomic E-state index is 12.0. The highest BCUT2D eigenvalue weighted by atomic mass is 32.2. The molecule has 1 aromatic heterocycles. The SMILES string of the molecule is CS(=O)(=O)N(CC(=O)O)C1CCN(Cc2ccc3c(c2)Nc2nccnc2S3)CC1. The molecule has 0 spiro atoms. The number of fused-ring (bicyclic) bond motifs is 2. The second-order valence-electron chi connectivity index (χ2n) is 7.48. The van der Waals surface area contributed by atoms with Crippen LogP contribution in [-0.4, -0.2) is 70.6 Å². The van der Waals surface area contributed by atoms with Crippen molar-refractivity contribution in [1.82, 2.24) is 19.2 Å². The molecule has 0 unspecified atom stereocenters. The zero-order valence-electron chi connectivity index (χ0n) is 16.5. The molecule has 2 aromatic rings. The molecule has 11 heteroatoms. The summed E-state index contributed by atoms with van der Waals surface area (Å²) in [5, 5.41) is 13.2. The molecule has 1 aromatic carbocycles. The molecule has 160 valence electrons. The van der Waals surface area contributed by atoms with E-state index in [1.54, 1.807) is 24.2 Å². The Morgan fingerprint density at radius 3 is 2.73 bits per heavy atom. The highest BCUT2D eigenvalue weighted by Gasteiger charge is 2.31. The first kappa shape index (κ1) is 21.0. The molecule has 4 rings (SSSR count). The minimum atomic E-state index is -3.56. The molecule has 0 saturated carbocycles. The van der Waals surface area contributed by atoms with Crippen molar-refractivity contribution in [1.29, 1.82) is 0 Å². The van der Waals surface area contributed by atoms with Crippen molar-refractivity contribution >= 4 is 39.3 Å². The Balaban J connectivity index is 1.39. The minimum Gasteiger partial charge on any atom is -0.480 e. The summed E-state index contributed by atoms with van der Waals surface area (Å²) in [6.45, 7) is 1.69. The predicted octanol–water partition coefficient (Wildman–Crippen LogP) is 2.00. The van der Waals surface area contributed by atoms with E-state index in [2.05, 4.69) is 38.4 Å². The van der Waals surface area contributed by atoms with Crippen LogP contribution in [0.15, 0.2) is 40.5 Å². The number of likely N-dealkylation sites (tertiary alicyclic amines) is 1. The maximum atomic E-state index is 12.0. The van der Waals surface area contributed by atoms with Crippen LogP contribution >= 0.6 is 11.8 Å². The quantitative estimate of drug-likeness (QED) is 0.583. The number of carbonyl (C=O) groups is 1. The number of piperidine rings is 1. The van der Waals surface area contributed by atoms with Gasteiger partial charge in [0.1, 0.15) is 11.6 Å². The summed E-state index contributed by atoms with van der Waals surface area (Å²) in [6, 6.07) is 6.00. The summed E-state index contributed by atoms with van der Waals surface area (Å²) in [5.74, 6) is -0.374. The van der Waals surface area contributed by atoms with E-state index in [1.165, 1.54) is 0 Å². The third kappa shape index (κ3) is 4.75. The van der Waals surface area contributed by atoms with Crippen LogP contribution in [0.2, 0.25) is 0 Å². The number of rotatable bonds is 6. The molecule has 2 N–H and O–H groups in total. The summed E-state index contributed by atoms with van der Waals surface area (Å²) in [7, 11) is -3.56. The molecule has 9 nitrogen and oxygen atoms in total. The number of carboxylic acids is 1. The van der Waals surface area contributed by atoms with Gasteiger partial charge in [0.05, 0.1) is 11.9 Å². The van der Waals surface area contributed by atoms with Crippen LogP contribution in [-0.2, 0) is 21.4 Å². The van der Waals surface area contributed by atoms with Gasteiger partial charge in [-0.15, -0.1) is 0 Å². The minimum absolute atomic E-state index is 0.274.